The number of hydrogen-bond donors (Lipinski definition) is 1. The van der Waals surface area contributed by atoms with Crippen molar-refractivity contribution in [2.24, 2.45) is 0 Å². The summed E-state index contributed by atoms with van der Waals surface area (Å²) in [6.45, 7) is 2.46. The SMILES string of the molecule is O=S(=O)(CCn1cnc2ccccc21)NC1CCN(C2CC2)CC1. The fraction of sp³-hybridized carbons (Fsp3) is 0.588. The van der Waals surface area contributed by atoms with E-state index in [0.29, 0.717) is 6.54 Å². The zero-order valence-corrected chi connectivity index (χ0v) is 14.6. The summed E-state index contributed by atoms with van der Waals surface area (Å²) in [5.74, 6) is 0.0934. The van der Waals surface area contributed by atoms with Crippen LogP contribution in [0, 0.1) is 0 Å². The van der Waals surface area contributed by atoms with E-state index >= 15 is 0 Å². The van der Waals surface area contributed by atoms with Crippen LogP contribution in [0.1, 0.15) is 25.7 Å². The predicted molar refractivity (Wildman–Crippen MR) is 94.3 cm³/mol. The summed E-state index contributed by atoms with van der Waals surface area (Å²) in [4.78, 5) is 6.81. The van der Waals surface area contributed by atoms with Crippen molar-refractivity contribution >= 4 is 21.1 Å². The van der Waals surface area contributed by atoms with Gasteiger partial charge in [0.05, 0.1) is 23.1 Å². The highest BCUT2D eigenvalue weighted by Gasteiger charge is 2.32. The lowest BCUT2D eigenvalue weighted by Gasteiger charge is -2.32. The van der Waals surface area contributed by atoms with E-state index in [0.717, 1.165) is 43.0 Å². The summed E-state index contributed by atoms with van der Waals surface area (Å²) < 4.78 is 29.6. The second kappa shape index (κ2) is 6.46. The Morgan fingerprint density at radius 3 is 2.62 bits per heavy atom. The van der Waals surface area contributed by atoms with Crippen molar-refractivity contribution in [3.8, 4) is 0 Å². The maximum absolute atomic E-state index is 12.4. The summed E-state index contributed by atoms with van der Waals surface area (Å²) in [7, 11) is -3.27. The minimum absolute atomic E-state index is 0.0875. The first-order chi connectivity index (χ1) is 11.6. The number of para-hydroxylation sites is 2. The maximum atomic E-state index is 12.4. The van der Waals surface area contributed by atoms with Gasteiger partial charge in [-0.25, -0.2) is 18.1 Å². The number of imidazole rings is 1. The fourth-order valence-electron chi connectivity index (χ4n) is 3.54. The third kappa shape index (κ3) is 3.63. The van der Waals surface area contributed by atoms with E-state index in [1.807, 2.05) is 28.8 Å². The molecule has 1 aliphatic heterocycles. The summed E-state index contributed by atoms with van der Waals surface area (Å²) in [6, 6.07) is 8.65. The van der Waals surface area contributed by atoms with Crippen molar-refractivity contribution in [2.75, 3.05) is 18.8 Å². The first-order valence-corrected chi connectivity index (χ1v) is 10.4. The molecule has 0 spiro atoms. The van der Waals surface area contributed by atoms with Gasteiger partial charge in [0, 0.05) is 18.6 Å². The molecule has 0 amide bonds. The molecule has 1 aromatic heterocycles. The Hall–Kier alpha value is -1.44. The van der Waals surface area contributed by atoms with Crippen LogP contribution in [0.4, 0.5) is 0 Å². The Morgan fingerprint density at radius 1 is 1.12 bits per heavy atom. The Bertz CT molecular complexity index is 805. The van der Waals surface area contributed by atoms with E-state index in [1.165, 1.54) is 12.8 Å². The number of sulfonamides is 1. The van der Waals surface area contributed by atoms with Crippen LogP contribution in [-0.4, -0.2) is 53.8 Å². The summed E-state index contributed by atoms with van der Waals surface area (Å²) >= 11 is 0. The Labute approximate surface area is 142 Å². The van der Waals surface area contributed by atoms with Gasteiger partial charge in [0.2, 0.25) is 10.0 Å². The lowest BCUT2D eigenvalue weighted by atomic mass is 10.1. The molecule has 2 aliphatic rings. The van der Waals surface area contributed by atoms with Crippen molar-refractivity contribution in [3.05, 3.63) is 30.6 Å². The van der Waals surface area contributed by atoms with Gasteiger partial charge in [0.15, 0.2) is 0 Å². The van der Waals surface area contributed by atoms with Gasteiger partial charge in [-0.05, 0) is 50.9 Å². The average molecular weight is 348 g/mol. The monoisotopic (exact) mass is 348 g/mol. The first kappa shape index (κ1) is 16.1. The molecule has 6 nitrogen and oxygen atoms in total. The van der Waals surface area contributed by atoms with E-state index in [2.05, 4.69) is 14.6 Å². The molecule has 2 heterocycles. The minimum Gasteiger partial charge on any atom is -0.330 e. The summed E-state index contributed by atoms with van der Waals surface area (Å²) in [5.41, 5.74) is 1.88. The number of rotatable bonds is 6. The van der Waals surface area contributed by atoms with Gasteiger partial charge in [-0.2, -0.15) is 0 Å². The molecule has 4 rings (SSSR count). The van der Waals surface area contributed by atoms with Gasteiger partial charge in [-0.15, -0.1) is 0 Å². The molecule has 0 unspecified atom stereocenters. The molecule has 1 N–H and O–H groups in total. The molecule has 1 aliphatic carbocycles. The number of benzene rings is 1. The first-order valence-electron chi connectivity index (χ1n) is 8.75. The van der Waals surface area contributed by atoms with Gasteiger partial charge < -0.3 is 9.47 Å². The van der Waals surface area contributed by atoms with Crippen molar-refractivity contribution < 1.29 is 8.42 Å². The third-order valence-corrected chi connectivity index (χ3v) is 6.48. The molecule has 1 saturated carbocycles. The molecule has 2 fully saturated rings. The molecule has 24 heavy (non-hydrogen) atoms. The van der Waals surface area contributed by atoms with Crippen molar-refractivity contribution in [3.63, 3.8) is 0 Å². The molecule has 1 saturated heterocycles. The zero-order chi connectivity index (χ0) is 16.6. The lowest BCUT2D eigenvalue weighted by molar-refractivity contribution is 0.199. The van der Waals surface area contributed by atoms with Gasteiger partial charge >= 0.3 is 0 Å². The number of fused-ring (bicyclic) bond motifs is 1. The van der Waals surface area contributed by atoms with Crippen LogP contribution in [0.5, 0.6) is 0 Å². The van der Waals surface area contributed by atoms with E-state index in [1.54, 1.807) is 6.33 Å². The van der Waals surface area contributed by atoms with Crippen LogP contribution in [0.25, 0.3) is 11.0 Å². The molecule has 7 heteroatoms. The molecule has 2 aromatic rings. The van der Waals surface area contributed by atoms with Crippen molar-refractivity contribution in [2.45, 2.75) is 44.3 Å². The number of likely N-dealkylation sites (tertiary alicyclic amines) is 1. The van der Waals surface area contributed by atoms with Crippen LogP contribution >= 0.6 is 0 Å². The highest BCUT2D eigenvalue weighted by molar-refractivity contribution is 7.89. The minimum atomic E-state index is -3.27. The Kier molecular flexibility index (Phi) is 4.32. The number of nitrogens with one attached hydrogen (secondary N) is 1. The van der Waals surface area contributed by atoms with Gasteiger partial charge in [0.25, 0.3) is 0 Å². The maximum Gasteiger partial charge on any atom is 0.213 e. The van der Waals surface area contributed by atoms with E-state index in [9.17, 15) is 8.42 Å². The van der Waals surface area contributed by atoms with E-state index in [-0.39, 0.29) is 11.8 Å². The average Bonchev–Trinajstić information content (AvgIpc) is 3.34. The molecule has 1 aromatic carbocycles. The quantitative estimate of drug-likeness (QED) is 0.861. The number of aromatic nitrogens is 2. The number of nitrogens with zero attached hydrogens (tertiary/aromatic N) is 3. The topological polar surface area (TPSA) is 67.2 Å². The second-order valence-corrected chi connectivity index (χ2v) is 8.78. The van der Waals surface area contributed by atoms with Crippen molar-refractivity contribution in [1.82, 2.24) is 19.2 Å². The van der Waals surface area contributed by atoms with Crippen LogP contribution < -0.4 is 4.72 Å². The largest absolute Gasteiger partial charge is 0.330 e. The van der Waals surface area contributed by atoms with E-state index in [4.69, 9.17) is 0 Å². The molecule has 130 valence electrons. The number of hydrogen-bond acceptors (Lipinski definition) is 4. The van der Waals surface area contributed by atoms with Crippen LogP contribution in [-0.2, 0) is 16.6 Å². The van der Waals surface area contributed by atoms with Crippen LogP contribution in [0.2, 0.25) is 0 Å². The van der Waals surface area contributed by atoms with Gasteiger partial charge in [-0.3, -0.25) is 0 Å². The standard InChI is InChI=1S/C17H24N4O2S/c22-24(23,19-14-7-9-20(10-8-14)15-5-6-15)12-11-21-13-18-16-3-1-2-4-17(16)21/h1-4,13-15,19H,5-12H2. The molecular formula is C17H24N4O2S. The van der Waals surface area contributed by atoms with Crippen molar-refractivity contribution in [1.29, 1.82) is 0 Å². The number of aryl methyl sites for hydroxylation is 1. The smallest absolute Gasteiger partial charge is 0.213 e. The van der Waals surface area contributed by atoms with E-state index < -0.39 is 10.0 Å². The molecule has 0 radical (unpaired) electrons. The molecule has 0 atom stereocenters. The van der Waals surface area contributed by atoms with Crippen LogP contribution in [0.15, 0.2) is 30.6 Å². The fourth-order valence-corrected chi connectivity index (χ4v) is 4.84. The lowest BCUT2D eigenvalue weighted by Crippen LogP contribution is -2.46. The molecule has 0 bridgehead atoms. The second-order valence-electron chi connectivity index (χ2n) is 6.90. The summed E-state index contributed by atoms with van der Waals surface area (Å²) in [5, 5.41) is 0. The van der Waals surface area contributed by atoms with Crippen LogP contribution in [0.3, 0.4) is 0 Å². The normalized spacial score (nSPS) is 20.7. The third-order valence-electron chi connectivity index (χ3n) is 5.07. The Balaban J connectivity index is 1.32. The highest BCUT2D eigenvalue weighted by atomic mass is 32.2. The Morgan fingerprint density at radius 2 is 1.88 bits per heavy atom. The van der Waals surface area contributed by atoms with Gasteiger partial charge in [-0.1, -0.05) is 12.1 Å². The predicted octanol–water partition coefficient (Wildman–Crippen LogP) is 1.58. The highest BCUT2D eigenvalue weighted by Crippen LogP contribution is 2.29. The zero-order valence-electron chi connectivity index (χ0n) is 13.8. The number of piperidine rings is 1. The van der Waals surface area contributed by atoms with Gasteiger partial charge in [0.1, 0.15) is 0 Å². The molecular weight excluding hydrogens is 324 g/mol. The summed E-state index contributed by atoms with van der Waals surface area (Å²) in [6.07, 6.45) is 6.19.